The van der Waals surface area contributed by atoms with Gasteiger partial charge in [0.2, 0.25) is 0 Å². The van der Waals surface area contributed by atoms with Gasteiger partial charge in [-0.2, -0.15) is 0 Å². The number of ether oxygens (including phenoxy) is 2. The fourth-order valence-electron chi connectivity index (χ4n) is 4.98. The van der Waals surface area contributed by atoms with Gasteiger partial charge >= 0.3 is 0 Å². The zero-order valence-electron chi connectivity index (χ0n) is 20.5. The highest BCUT2D eigenvalue weighted by molar-refractivity contribution is 5.47. The van der Waals surface area contributed by atoms with E-state index in [0.717, 1.165) is 104 Å². The Kier molecular flexibility index (Phi) is 8.04. The van der Waals surface area contributed by atoms with Crippen molar-refractivity contribution in [3.63, 3.8) is 0 Å². The largest absolute Gasteiger partial charge is 0.507 e. The standard InChI is InChI=1S/C29H37NO4/c1-33-26-16-20-8-4-3-5-9-21-17-27(34-2)19-23(29(21)32)11-7-13-25-15-14-24(30-25)12-6-10-22(18-26)28(20)31/h14-19,30-32H,3-13H2,1-2H3. The Balaban J connectivity index is 1.57. The number of hydrogen-bond acceptors (Lipinski definition) is 4. The monoisotopic (exact) mass is 463 g/mol. The van der Waals surface area contributed by atoms with Crippen molar-refractivity contribution in [2.24, 2.45) is 0 Å². The van der Waals surface area contributed by atoms with Crippen LogP contribution < -0.4 is 9.47 Å². The predicted molar refractivity (Wildman–Crippen MR) is 135 cm³/mol. The minimum atomic E-state index is 0.414. The van der Waals surface area contributed by atoms with Crippen molar-refractivity contribution in [1.82, 2.24) is 4.98 Å². The van der Waals surface area contributed by atoms with Gasteiger partial charge in [0.15, 0.2) is 0 Å². The van der Waals surface area contributed by atoms with Gasteiger partial charge in [-0.05, 0) is 123 Å². The lowest BCUT2D eigenvalue weighted by molar-refractivity contribution is 0.407. The number of aromatic nitrogens is 1. The molecule has 1 aromatic heterocycles. The summed E-state index contributed by atoms with van der Waals surface area (Å²) in [6.45, 7) is 0. The predicted octanol–water partition coefficient (Wildman–Crippen LogP) is 6.06. The van der Waals surface area contributed by atoms with Crippen molar-refractivity contribution in [3.8, 4) is 23.0 Å². The molecule has 3 N–H and O–H groups in total. The van der Waals surface area contributed by atoms with Gasteiger partial charge in [0, 0.05) is 11.4 Å². The van der Waals surface area contributed by atoms with Gasteiger partial charge in [-0.15, -0.1) is 0 Å². The number of hydrogen-bond donors (Lipinski definition) is 3. The summed E-state index contributed by atoms with van der Waals surface area (Å²) in [5.41, 5.74) is 6.28. The zero-order chi connectivity index (χ0) is 23.9. The quantitative estimate of drug-likeness (QED) is 0.432. The molecule has 0 atom stereocenters. The minimum Gasteiger partial charge on any atom is -0.507 e. The molecule has 3 aromatic rings. The van der Waals surface area contributed by atoms with Crippen LogP contribution in [0.15, 0.2) is 36.4 Å². The van der Waals surface area contributed by atoms with Gasteiger partial charge in [-0.25, -0.2) is 0 Å². The van der Waals surface area contributed by atoms with E-state index in [1.165, 1.54) is 11.4 Å². The number of aromatic amines is 1. The van der Waals surface area contributed by atoms with Crippen LogP contribution in [0.1, 0.15) is 65.7 Å². The Labute approximate surface area is 202 Å². The maximum absolute atomic E-state index is 10.9. The molecular formula is C29H37NO4. The Hall–Kier alpha value is -3.08. The number of benzene rings is 2. The van der Waals surface area contributed by atoms with Crippen molar-refractivity contribution in [3.05, 3.63) is 70.0 Å². The van der Waals surface area contributed by atoms with Gasteiger partial charge in [0.25, 0.3) is 0 Å². The Bertz CT molecular complexity index is 1020. The molecule has 2 heterocycles. The molecule has 5 nitrogen and oxygen atoms in total. The lowest BCUT2D eigenvalue weighted by Gasteiger charge is -2.14. The number of aromatic hydroxyl groups is 2. The van der Waals surface area contributed by atoms with E-state index in [-0.39, 0.29) is 0 Å². The van der Waals surface area contributed by atoms with Gasteiger partial charge in [-0.1, -0.05) is 6.42 Å². The van der Waals surface area contributed by atoms with Gasteiger partial charge < -0.3 is 24.7 Å². The summed E-state index contributed by atoms with van der Waals surface area (Å²) in [4.78, 5) is 3.55. The van der Waals surface area contributed by atoms with Crippen molar-refractivity contribution < 1.29 is 19.7 Å². The van der Waals surface area contributed by atoms with Crippen LogP contribution in [0.2, 0.25) is 0 Å². The molecule has 0 amide bonds. The fourth-order valence-corrected chi connectivity index (χ4v) is 4.98. The molecule has 0 fully saturated rings. The molecule has 0 radical (unpaired) electrons. The molecule has 0 spiro atoms. The van der Waals surface area contributed by atoms with Crippen molar-refractivity contribution >= 4 is 0 Å². The summed E-state index contributed by atoms with van der Waals surface area (Å²) < 4.78 is 11.0. The van der Waals surface area contributed by atoms with Crippen LogP contribution in [0, 0.1) is 0 Å². The van der Waals surface area contributed by atoms with Crippen molar-refractivity contribution in [2.75, 3.05) is 14.2 Å². The first-order valence-corrected chi connectivity index (χ1v) is 12.5. The van der Waals surface area contributed by atoms with E-state index in [4.69, 9.17) is 9.47 Å². The Morgan fingerprint density at radius 1 is 0.559 bits per heavy atom. The van der Waals surface area contributed by atoms with Crippen LogP contribution in [0.3, 0.4) is 0 Å². The summed E-state index contributed by atoms with van der Waals surface area (Å²) in [5.74, 6) is 2.44. The van der Waals surface area contributed by atoms with E-state index < -0.39 is 0 Å². The first kappa shape index (κ1) is 24.1. The smallest absolute Gasteiger partial charge is 0.122 e. The Morgan fingerprint density at radius 3 is 1.32 bits per heavy atom. The van der Waals surface area contributed by atoms with E-state index in [1.807, 2.05) is 24.3 Å². The molecule has 0 unspecified atom stereocenters. The van der Waals surface area contributed by atoms with Crippen molar-refractivity contribution in [1.29, 1.82) is 0 Å². The van der Waals surface area contributed by atoms with Crippen LogP contribution >= 0.6 is 0 Å². The van der Waals surface area contributed by atoms with Gasteiger partial charge in [-0.3, -0.25) is 0 Å². The van der Waals surface area contributed by atoms with Crippen molar-refractivity contribution in [2.45, 2.75) is 70.6 Å². The summed E-state index contributed by atoms with van der Waals surface area (Å²) in [5, 5.41) is 21.8. The molecule has 182 valence electrons. The number of phenols is 2. The lowest BCUT2D eigenvalue weighted by atomic mass is 9.96. The van der Waals surface area contributed by atoms with Gasteiger partial charge in [0.05, 0.1) is 14.2 Å². The molecule has 1 aliphatic heterocycles. The number of aryl methyl sites for hydroxylation is 6. The number of H-pyrrole nitrogens is 1. The minimum absolute atomic E-state index is 0.414. The number of phenolic OH excluding ortho intramolecular Hbond substituents is 2. The molecule has 1 aliphatic rings. The highest BCUT2D eigenvalue weighted by Crippen LogP contribution is 2.33. The number of rotatable bonds is 2. The lowest BCUT2D eigenvalue weighted by Crippen LogP contribution is -1.99. The third kappa shape index (κ3) is 5.88. The van der Waals surface area contributed by atoms with Gasteiger partial charge in [0.1, 0.15) is 23.0 Å². The van der Waals surface area contributed by atoms with E-state index in [0.29, 0.717) is 11.5 Å². The SMILES string of the molecule is COc1cc2c(O)c(c1)CCCc1ccc([nH]1)CCCc1cc(OC)cc(c1O)CCCCC2. The highest BCUT2D eigenvalue weighted by atomic mass is 16.5. The maximum atomic E-state index is 10.9. The Morgan fingerprint density at radius 2 is 0.941 bits per heavy atom. The van der Waals surface area contributed by atoms with E-state index in [1.54, 1.807) is 14.2 Å². The summed E-state index contributed by atoms with van der Waals surface area (Å²) in [6.07, 6.45) is 10.0. The van der Waals surface area contributed by atoms with Crippen LogP contribution in [-0.2, 0) is 38.5 Å². The molecular weight excluding hydrogens is 426 g/mol. The van der Waals surface area contributed by atoms with Crippen LogP contribution in [-0.4, -0.2) is 29.4 Å². The summed E-state index contributed by atoms with van der Waals surface area (Å²) >= 11 is 0. The molecule has 4 rings (SSSR count). The molecule has 6 bridgehead atoms. The molecule has 34 heavy (non-hydrogen) atoms. The van der Waals surface area contributed by atoms with Crippen LogP contribution in [0.4, 0.5) is 0 Å². The maximum Gasteiger partial charge on any atom is 0.122 e. The third-order valence-corrected chi connectivity index (χ3v) is 6.94. The number of nitrogens with one attached hydrogen (secondary N) is 1. The van der Waals surface area contributed by atoms with E-state index >= 15 is 0 Å². The number of fused-ring (bicyclic) bond motifs is 6. The van der Waals surface area contributed by atoms with Crippen LogP contribution in [0.25, 0.3) is 0 Å². The number of methoxy groups -OCH3 is 2. The molecule has 5 heteroatoms. The summed E-state index contributed by atoms with van der Waals surface area (Å²) in [7, 11) is 3.36. The highest BCUT2D eigenvalue weighted by Gasteiger charge is 2.14. The molecule has 0 aliphatic carbocycles. The average molecular weight is 464 g/mol. The first-order chi connectivity index (χ1) is 16.6. The first-order valence-electron chi connectivity index (χ1n) is 12.5. The molecule has 0 saturated heterocycles. The van der Waals surface area contributed by atoms with E-state index in [9.17, 15) is 10.2 Å². The second kappa shape index (κ2) is 11.4. The third-order valence-electron chi connectivity index (χ3n) is 6.94. The normalized spacial score (nSPS) is 15.5. The molecule has 0 saturated carbocycles. The second-order valence-corrected chi connectivity index (χ2v) is 9.37. The topological polar surface area (TPSA) is 74.7 Å². The van der Waals surface area contributed by atoms with Crippen LogP contribution in [0.5, 0.6) is 23.0 Å². The average Bonchev–Trinajstić information content (AvgIpc) is 3.29. The van der Waals surface area contributed by atoms with E-state index in [2.05, 4.69) is 17.1 Å². The zero-order valence-corrected chi connectivity index (χ0v) is 20.5. The summed E-state index contributed by atoms with van der Waals surface area (Å²) in [6, 6.07) is 12.2. The molecule has 2 aromatic carbocycles. The fraction of sp³-hybridized carbons (Fsp3) is 0.448. The second-order valence-electron chi connectivity index (χ2n) is 9.37.